The zero-order chi connectivity index (χ0) is 10.9. The summed E-state index contributed by atoms with van der Waals surface area (Å²) in [6.45, 7) is 0. The van der Waals surface area contributed by atoms with Crippen LogP contribution in [0.2, 0.25) is 0 Å². The summed E-state index contributed by atoms with van der Waals surface area (Å²) >= 11 is 2.88. The molecule has 78 valence electrons. The van der Waals surface area contributed by atoms with Crippen molar-refractivity contribution in [2.24, 2.45) is 5.73 Å². The highest BCUT2D eigenvalue weighted by molar-refractivity contribution is 9.10. The summed E-state index contributed by atoms with van der Waals surface area (Å²) < 4.78 is 49.3. The molecule has 0 radical (unpaired) electrons. The van der Waals surface area contributed by atoms with Crippen LogP contribution in [-0.4, -0.2) is 6.18 Å². The fourth-order valence-electron chi connectivity index (χ4n) is 0.929. The maximum atomic E-state index is 12.7. The van der Waals surface area contributed by atoms with Gasteiger partial charge in [-0.2, -0.15) is 13.2 Å². The van der Waals surface area contributed by atoms with E-state index in [9.17, 15) is 17.6 Å². The minimum atomic E-state index is -4.57. The van der Waals surface area contributed by atoms with Gasteiger partial charge in [0.25, 0.3) is 0 Å². The highest BCUT2D eigenvalue weighted by Crippen LogP contribution is 2.34. The quantitative estimate of drug-likeness (QED) is 0.781. The number of hydrogen-bond donors (Lipinski definition) is 1. The van der Waals surface area contributed by atoms with Crippen LogP contribution in [0, 0.1) is 5.82 Å². The molecule has 0 saturated carbocycles. The maximum absolute atomic E-state index is 12.7. The summed E-state index contributed by atoms with van der Waals surface area (Å²) in [6, 6.07) is 0.836. The minimum absolute atomic E-state index is 0.142. The van der Waals surface area contributed by atoms with Gasteiger partial charge < -0.3 is 5.73 Å². The molecule has 0 unspecified atom stereocenters. The minimum Gasteiger partial charge on any atom is -0.316 e. The van der Waals surface area contributed by atoms with E-state index in [2.05, 4.69) is 15.9 Å². The second-order valence-electron chi connectivity index (χ2n) is 2.69. The molecule has 0 aliphatic heterocycles. The monoisotopic (exact) mass is 271 g/mol. The van der Waals surface area contributed by atoms with Crippen LogP contribution in [-0.2, 0) is 0 Å². The van der Waals surface area contributed by atoms with Crippen LogP contribution >= 0.6 is 15.9 Å². The second kappa shape index (κ2) is 3.86. The first-order valence-electron chi connectivity index (χ1n) is 3.59. The lowest BCUT2D eigenvalue weighted by molar-refractivity contribution is -0.149. The lowest BCUT2D eigenvalue weighted by Crippen LogP contribution is -2.28. The summed E-state index contributed by atoms with van der Waals surface area (Å²) in [5.41, 5.74) is 4.61. The molecule has 0 aliphatic carbocycles. The number of nitrogens with two attached hydrogens (primary N) is 1. The molecular weight excluding hydrogens is 266 g/mol. The van der Waals surface area contributed by atoms with E-state index in [0.29, 0.717) is 0 Å². The van der Waals surface area contributed by atoms with Crippen LogP contribution in [0.4, 0.5) is 17.6 Å². The lowest BCUT2D eigenvalue weighted by Gasteiger charge is -2.17. The number of alkyl halides is 3. The Bertz CT molecular complexity index is 337. The van der Waals surface area contributed by atoms with E-state index in [1.807, 2.05) is 0 Å². The normalized spacial score (nSPS) is 14.1. The third kappa shape index (κ3) is 2.45. The molecule has 0 heterocycles. The molecule has 2 N–H and O–H groups in total. The number of halogens is 5. The molecule has 1 nitrogen and oxygen atoms in total. The van der Waals surface area contributed by atoms with E-state index in [0.717, 1.165) is 12.1 Å². The van der Waals surface area contributed by atoms with Crippen LogP contribution in [0.1, 0.15) is 11.6 Å². The van der Waals surface area contributed by atoms with Crippen LogP contribution in [0.5, 0.6) is 0 Å². The van der Waals surface area contributed by atoms with Gasteiger partial charge in [-0.25, -0.2) is 4.39 Å². The van der Waals surface area contributed by atoms with Crippen molar-refractivity contribution in [3.63, 3.8) is 0 Å². The van der Waals surface area contributed by atoms with Crippen molar-refractivity contribution < 1.29 is 17.6 Å². The molecule has 14 heavy (non-hydrogen) atoms. The Balaban J connectivity index is 3.12. The molecule has 1 aromatic carbocycles. The van der Waals surface area contributed by atoms with Gasteiger partial charge >= 0.3 is 6.18 Å². The SMILES string of the molecule is N[C@H](c1cc(F)ccc1Br)C(F)(F)F. The van der Waals surface area contributed by atoms with Crippen LogP contribution in [0.15, 0.2) is 22.7 Å². The average molecular weight is 272 g/mol. The van der Waals surface area contributed by atoms with Crippen LogP contribution < -0.4 is 5.73 Å². The fourth-order valence-corrected chi connectivity index (χ4v) is 1.42. The summed E-state index contributed by atoms with van der Waals surface area (Å²) in [6.07, 6.45) is -4.57. The second-order valence-corrected chi connectivity index (χ2v) is 3.54. The van der Waals surface area contributed by atoms with Gasteiger partial charge in [0.2, 0.25) is 0 Å². The van der Waals surface area contributed by atoms with Crippen molar-refractivity contribution in [1.29, 1.82) is 0 Å². The zero-order valence-corrected chi connectivity index (χ0v) is 8.36. The molecule has 1 rings (SSSR count). The average Bonchev–Trinajstić information content (AvgIpc) is 2.06. The van der Waals surface area contributed by atoms with E-state index in [4.69, 9.17) is 5.73 Å². The first-order chi connectivity index (χ1) is 6.32. The Morgan fingerprint density at radius 3 is 2.36 bits per heavy atom. The van der Waals surface area contributed by atoms with Crippen LogP contribution in [0.3, 0.4) is 0 Å². The van der Waals surface area contributed by atoms with Crippen LogP contribution in [0.25, 0.3) is 0 Å². The summed E-state index contributed by atoms with van der Waals surface area (Å²) in [7, 11) is 0. The molecular formula is C8H6BrF4N. The van der Waals surface area contributed by atoms with E-state index in [1.165, 1.54) is 6.07 Å². The third-order valence-corrected chi connectivity index (χ3v) is 2.37. The molecule has 1 aromatic rings. The van der Waals surface area contributed by atoms with Crippen molar-refractivity contribution in [2.45, 2.75) is 12.2 Å². The smallest absolute Gasteiger partial charge is 0.316 e. The highest BCUT2D eigenvalue weighted by Gasteiger charge is 2.38. The molecule has 0 fully saturated rings. The van der Waals surface area contributed by atoms with Crippen molar-refractivity contribution >= 4 is 15.9 Å². The highest BCUT2D eigenvalue weighted by atomic mass is 79.9. The standard InChI is InChI=1S/C8H6BrF4N/c9-6-2-1-4(10)3-5(6)7(14)8(11,12)13/h1-3,7H,14H2/t7-/m1/s1. The number of hydrogen-bond acceptors (Lipinski definition) is 1. The van der Waals surface area contributed by atoms with E-state index >= 15 is 0 Å². The molecule has 0 amide bonds. The molecule has 1 atom stereocenters. The van der Waals surface area contributed by atoms with E-state index in [-0.39, 0.29) is 10.0 Å². The molecule has 0 bridgehead atoms. The van der Waals surface area contributed by atoms with E-state index in [1.54, 1.807) is 0 Å². The first-order valence-corrected chi connectivity index (χ1v) is 4.39. The van der Waals surface area contributed by atoms with Crippen molar-refractivity contribution in [1.82, 2.24) is 0 Å². The molecule has 0 saturated heterocycles. The summed E-state index contributed by atoms with van der Waals surface area (Å²) in [5.74, 6) is -0.747. The molecule has 0 spiro atoms. The van der Waals surface area contributed by atoms with Crippen molar-refractivity contribution in [3.8, 4) is 0 Å². The first kappa shape index (κ1) is 11.5. The molecule has 0 aliphatic rings. The number of rotatable bonds is 1. The van der Waals surface area contributed by atoms with Gasteiger partial charge in [0.05, 0.1) is 0 Å². The van der Waals surface area contributed by atoms with Gasteiger partial charge in [-0.05, 0) is 23.8 Å². The fraction of sp³-hybridized carbons (Fsp3) is 0.250. The summed E-state index contributed by atoms with van der Waals surface area (Å²) in [5, 5.41) is 0. The Morgan fingerprint density at radius 2 is 1.86 bits per heavy atom. The Hall–Kier alpha value is -0.620. The zero-order valence-electron chi connectivity index (χ0n) is 6.78. The van der Waals surface area contributed by atoms with Crippen molar-refractivity contribution in [3.05, 3.63) is 34.1 Å². The predicted octanol–water partition coefficient (Wildman–Crippen LogP) is 3.15. The Morgan fingerprint density at radius 1 is 1.29 bits per heavy atom. The van der Waals surface area contributed by atoms with Gasteiger partial charge in [0, 0.05) is 4.47 Å². The molecule has 0 aromatic heterocycles. The Kier molecular flexibility index (Phi) is 3.16. The van der Waals surface area contributed by atoms with Crippen molar-refractivity contribution in [2.75, 3.05) is 0 Å². The van der Waals surface area contributed by atoms with Gasteiger partial charge in [0.15, 0.2) is 0 Å². The third-order valence-electron chi connectivity index (χ3n) is 1.65. The van der Waals surface area contributed by atoms with Gasteiger partial charge in [-0.3, -0.25) is 0 Å². The van der Waals surface area contributed by atoms with Gasteiger partial charge in [0.1, 0.15) is 11.9 Å². The molecule has 6 heteroatoms. The Labute approximate surface area is 86.0 Å². The number of benzene rings is 1. The van der Waals surface area contributed by atoms with Gasteiger partial charge in [-0.1, -0.05) is 15.9 Å². The predicted molar refractivity (Wildman–Crippen MR) is 47.1 cm³/mol. The maximum Gasteiger partial charge on any atom is 0.407 e. The van der Waals surface area contributed by atoms with Gasteiger partial charge in [-0.15, -0.1) is 0 Å². The lowest BCUT2D eigenvalue weighted by atomic mass is 10.1. The topological polar surface area (TPSA) is 26.0 Å². The summed E-state index contributed by atoms with van der Waals surface area (Å²) in [4.78, 5) is 0. The van der Waals surface area contributed by atoms with E-state index < -0.39 is 18.0 Å². The largest absolute Gasteiger partial charge is 0.407 e.